The van der Waals surface area contributed by atoms with Crippen LogP contribution >= 0.6 is 11.6 Å². The Hall–Kier alpha value is -2.08. The van der Waals surface area contributed by atoms with Gasteiger partial charge in [0.2, 0.25) is 0 Å². The van der Waals surface area contributed by atoms with Gasteiger partial charge in [-0.3, -0.25) is 4.79 Å². The Bertz CT molecular complexity index is 581. The third-order valence-corrected chi connectivity index (χ3v) is 2.91. The molecule has 0 unspecified atom stereocenters. The molecule has 0 spiro atoms. The van der Waals surface area contributed by atoms with Crippen molar-refractivity contribution >= 4 is 23.2 Å². The molecule has 6 nitrogen and oxygen atoms in total. The Labute approximate surface area is 109 Å². The van der Waals surface area contributed by atoms with Gasteiger partial charge in [0.15, 0.2) is 5.82 Å². The summed E-state index contributed by atoms with van der Waals surface area (Å²) in [5, 5.41) is 10.5. The minimum Gasteiger partial charge on any atom is -0.398 e. The van der Waals surface area contributed by atoms with E-state index in [1.807, 2.05) is 0 Å². The highest BCUT2D eigenvalue weighted by Crippen LogP contribution is 2.22. The van der Waals surface area contributed by atoms with Crippen molar-refractivity contribution in [2.24, 2.45) is 7.05 Å². The third kappa shape index (κ3) is 2.43. The summed E-state index contributed by atoms with van der Waals surface area (Å²) in [5.41, 5.74) is 6.36. The number of benzene rings is 1. The molecule has 2 rings (SSSR count). The number of hydrogen-bond acceptors (Lipinski definition) is 4. The summed E-state index contributed by atoms with van der Waals surface area (Å²) in [6.07, 6.45) is 1.56. The van der Waals surface area contributed by atoms with E-state index in [9.17, 15) is 4.79 Å². The summed E-state index contributed by atoms with van der Waals surface area (Å²) >= 11 is 5.96. The van der Waals surface area contributed by atoms with Crippen LogP contribution in [-0.2, 0) is 13.6 Å². The number of nitrogens with two attached hydrogens (primary N) is 1. The van der Waals surface area contributed by atoms with Gasteiger partial charge in [0.25, 0.3) is 5.91 Å². The summed E-state index contributed by atoms with van der Waals surface area (Å²) in [5.74, 6) is 0.360. The first kappa shape index (κ1) is 12.4. The smallest absolute Gasteiger partial charge is 0.253 e. The molecular weight excluding hydrogens is 254 g/mol. The van der Waals surface area contributed by atoms with Crippen LogP contribution in [0.25, 0.3) is 0 Å². The van der Waals surface area contributed by atoms with Crippen molar-refractivity contribution < 1.29 is 4.79 Å². The number of hydrogen-bond donors (Lipinski definition) is 2. The summed E-state index contributed by atoms with van der Waals surface area (Å²) in [7, 11) is 1.80. The molecule has 94 valence electrons. The van der Waals surface area contributed by atoms with Gasteiger partial charge < -0.3 is 15.6 Å². The van der Waals surface area contributed by atoms with Gasteiger partial charge in [-0.1, -0.05) is 17.7 Å². The second-order valence-corrected chi connectivity index (χ2v) is 4.13. The van der Waals surface area contributed by atoms with E-state index in [1.165, 1.54) is 0 Å². The normalized spacial score (nSPS) is 10.3. The molecule has 1 heterocycles. The van der Waals surface area contributed by atoms with E-state index < -0.39 is 0 Å². The van der Waals surface area contributed by atoms with Crippen molar-refractivity contribution in [2.75, 3.05) is 5.73 Å². The predicted molar refractivity (Wildman–Crippen MR) is 68.0 cm³/mol. The first-order valence-corrected chi connectivity index (χ1v) is 5.62. The van der Waals surface area contributed by atoms with Crippen LogP contribution in [0, 0.1) is 0 Å². The zero-order valence-corrected chi connectivity index (χ0v) is 10.5. The van der Waals surface area contributed by atoms with Gasteiger partial charge in [0, 0.05) is 7.05 Å². The largest absolute Gasteiger partial charge is 0.398 e. The number of anilines is 1. The number of carbonyl (C=O) groups is 1. The van der Waals surface area contributed by atoms with Gasteiger partial charge >= 0.3 is 0 Å². The van der Waals surface area contributed by atoms with Crippen LogP contribution in [0.1, 0.15) is 16.2 Å². The predicted octanol–water partition coefficient (Wildman–Crippen LogP) is 0.981. The minimum absolute atomic E-state index is 0.257. The molecule has 0 bridgehead atoms. The van der Waals surface area contributed by atoms with Crippen molar-refractivity contribution in [2.45, 2.75) is 6.54 Å². The number of rotatable bonds is 3. The number of aryl methyl sites for hydroxylation is 1. The Balaban J connectivity index is 2.09. The van der Waals surface area contributed by atoms with Crippen LogP contribution in [0.2, 0.25) is 5.02 Å². The fourth-order valence-electron chi connectivity index (χ4n) is 1.45. The molecule has 2 aromatic rings. The second-order valence-electron chi connectivity index (χ2n) is 3.75. The molecule has 0 saturated carbocycles. The van der Waals surface area contributed by atoms with E-state index in [4.69, 9.17) is 17.3 Å². The maximum Gasteiger partial charge on any atom is 0.253 e. The van der Waals surface area contributed by atoms with E-state index in [2.05, 4.69) is 15.5 Å². The molecule has 0 atom stereocenters. The molecule has 0 aliphatic heterocycles. The lowest BCUT2D eigenvalue weighted by atomic mass is 10.2. The van der Waals surface area contributed by atoms with E-state index in [-0.39, 0.29) is 17.5 Å². The van der Waals surface area contributed by atoms with E-state index in [0.29, 0.717) is 17.1 Å². The zero-order valence-electron chi connectivity index (χ0n) is 9.72. The molecule has 3 N–H and O–H groups in total. The van der Waals surface area contributed by atoms with Crippen LogP contribution in [0.4, 0.5) is 5.69 Å². The summed E-state index contributed by atoms with van der Waals surface area (Å²) < 4.78 is 1.72. The lowest BCUT2D eigenvalue weighted by Gasteiger charge is -2.07. The Morgan fingerprint density at radius 2 is 2.33 bits per heavy atom. The van der Waals surface area contributed by atoms with Gasteiger partial charge in [-0.25, -0.2) is 0 Å². The first-order chi connectivity index (χ1) is 8.59. The Morgan fingerprint density at radius 1 is 1.56 bits per heavy atom. The molecule has 18 heavy (non-hydrogen) atoms. The second kappa shape index (κ2) is 5.05. The highest BCUT2D eigenvalue weighted by atomic mass is 35.5. The number of carbonyl (C=O) groups excluding carboxylic acids is 1. The first-order valence-electron chi connectivity index (χ1n) is 5.24. The van der Waals surface area contributed by atoms with Gasteiger partial charge in [-0.2, -0.15) is 0 Å². The maximum atomic E-state index is 11.9. The molecule has 1 aromatic heterocycles. The fraction of sp³-hybridized carbons (Fsp3) is 0.182. The monoisotopic (exact) mass is 265 g/mol. The third-order valence-electron chi connectivity index (χ3n) is 2.49. The van der Waals surface area contributed by atoms with Crippen LogP contribution in [0.5, 0.6) is 0 Å². The van der Waals surface area contributed by atoms with Crippen molar-refractivity contribution in [1.82, 2.24) is 20.1 Å². The molecule has 0 aliphatic rings. The van der Waals surface area contributed by atoms with Crippen LogP contribution in [0.15, 0.2) is 24.5 Å². The molecule has 0 aliphatic carbocycles. The van der Waals surface area contributed by atoms with E-state index in [1.54, 1.807) is 36.1 Å². The average molecular weight is 266 g/mol. The van der Waals surface area contributed by atoms with E-state index >= 15 is 0 Å². The summed E-state index contributed by atoms with van der Waals surface area (Å²) in [4.78, 5) is 11.9. The number of amides is 1. The number of nitrogens with one attached hydrogen (secondary N) is 1. The van der Waals surface area contributed by atoms with Crippen molar-refractivity contribution in [1.29, 1.82) is 0 Å². The zero-order chi connectivity index (χ0) is 13.1. The Morgan fingerprint density at radius 3 is 3.00 bits per heavy atom. The highest BCUT2D eigenvalue weighted by Gasteiger charge is 2.12. The quantitative estimate of drug-likeness (QED) is 0.810. The van der Waals surface area contributed by atoms with Crippen LogP contribution < -0.4 is 11.1 Å². The topological polar surface area (TPSA) is 85.8 Å². The lowest BCUT2D eigenvalue weighted by Crippen LogP contribution is -2.24. The molecule has 0 fully saturated rings. The molecule has 7 heteroatoms. The van der Waals surface area contributed by atoms with Gasteiger partial charge in [0.1, 0.15) is 6.33 Å². The molecule has 1 aromatic carbocycles. The SMILES string of the molecule is Cn1cnnc1CNC(=O)c1cccc(N)c1Cl. The standard InChI is InChI=1S/C11H12ClN5O/c1-17-6-15-16-9(17)5-14-11(18)7-3-2-4-8(13)10(7)12/h2-4,6H,5,13H2,1H3,(H,14,18). The van der Waals surface area contributed by atoms with Crippen molar-refractivity contribution in [3.8, 4) is 0 Å². The minimum atomic E-state index is -0.296. The number of halogens is 1. The maximum absolute atomic E-state index is 11.9. The number of aromatic nitrogens is 3. The number of nitrogen functional groups attached to an aromatic ring is 1. The highest BCUT2D eigenvalue weighted by molar-refractivity contribution is 6.36. The van der Waals surface area contributed by atoms with Crippen molar-refractivity contribution in [3.05, 3.63) is 40.9 Å². The van der Waals surface area contributed by atoms with Gasteiger partial charge in [-0.15, -0.1) is 10.2 Å². The Kier molecular flexibility index (Phi) is 3.47. The van der Waals surface area contributed by atoms with Crippen LogP contribution in [0.3, 0.4) is 0 Å². The fourth-order valence-corrected chi connectivity index (χ4v) is 1.66. The van der Waals surface area contributed by atoms with Crippen molar-refractivity contribution in [3.63, 3.8) is 0 Å². The van der Waals surface area contributed by atoms with E-state index in [0.717, 1.165) is 0 Å². The lowest BCUT2D eigenvalue weighted by molar-refractivity contribution is 0.0950. The van der Waals surface area contributed by atoms with Gasteiger partial charge in [0.05, 0.1) is 22.8 Å². The molecule has 1 amide bonds. The van der Waals surface area contributed by atoms with Gasteiger partial charge in [-0.05, 0) is 12.1 Å². The molecular formula is C11H12ClN5O. The summed E-state index contributed by atoms with van der Waals surface area (Å²) in [6.45, 7) is 0.278. The molecule has 0 saturated heterocycles. The van der Waals surface area contributed by atoms with Crippen LogP contribution in [-0.4, -0.2) is 20.7 Å². The summed E-state index contributed by atoms with van der Waals surface area (Å²) in [6, 6.07) is 4.94. The average Bonchev–Trinajstić information content (AvgIpc) is 2.75. The number of nitrogens with zero attached hydrogens (tertiary/aromatic N) is 3. The molecule has 0 radical (unpaired) electrons.